The summed E-state index contributed by atoms with van der Waals surface area (Å²) >= 11 is 0. The van der Waals surface area contributed by atoms with Crippen molar-refractivity contribution in [2.75, 3.05) is 13.7 Å². The van der Waals surface area contributed by atoms with Gasteiger partial charge in [0.2, 0.25) is 0 Å². The lowest BCUT2D eigenvalue weighted by Crippen LogP contribution is -2.37. The number of imidazole rings is 1. The first-order valence-electron chi connectivity index (χ1n) is 6.94. The van der Waals surface area contributed by atoms with Crippen LogP contribution < -0.4 is 0 Å². The van der Waals surface area contributed by atoms with Crippen molar-refractivity contribution in [3.63, 3.8) is 0 Å². The Morgan fingerprint density at radius 3 is 2.90 bits per heavy atom. The Morgan fingerprint density at radius 1 is 1.35 bits per heavy atom. The van der Waals surface area contributed by atoms with E-state index >= 15 is 0 Å². The van der Waals surface area contributed by atoms with E-state index in [1.54, 1.807) is 7.11 Å². The average Bonchev–Trinajstić information content (AvgIpc) is 3.01. The van der Waals surface area contributed by atoms with Gasteiger partial charge in [-0.15, -0.1) is 0 Å². The summed E-state index contributed by atoms with van der Waals surface area (Å²) in [7, 11) is 3.67. The first-order chi connectivity index (χ1) is 9.69. The van der Waals surface area contributed by atoms with Gasteiger partial charge in [0.05, 0.1) is 30.7 Å². The molecule has 0 aromatic carbocycles. The van der Waals surface area contributed by atoms with E-state index in [2.05, 4.69) is 32.7 Å². The number of rotatable bonds is 4. The van der Waals surface area contributed by atoms with Gasteiger partial charge in [0.25, 0.3) is 0 Å². The molecule has 3 heterocycles. The van der Waals surface area contributed by atoms with Crippen LogP contribution in [0.1, 0.15) is 30.0 Å². The number of methoxy groups -OCH3 is 1. The van der Waals surface area contributed by atoms with Gasteiger partial charge in [0.15, 0.2) is 0 Å². The monoisotopic (exact) mass is 275 g/mol. The van der Waals surface area contributed by atoms with Gasteiger partial charge >= 0.3 is 0 Å². The maximum atomic E-state index is 5.23. The molecule has 1 atom stereocenters. The second kappa shape index (κ2) is 5.38. The van der Waals surface area contributed by atoms with E-state index in [1.807, 2.05) is 24.1 Å². The number of hydrogen-bond acceptors (Lipinski definition) is 4. The maximum Gasteiger partial charge on any atom is 0.126 e. The van der Waals surface area contributed by atoms with E-state index in [9.17, 15) is 0 Å². The molecule has 108 valence electrons. The minimum Gasteiger partial charge on any atom is -0.378 e. The molecule has 0 fully saturated rings. The van der Waals surface area contributed by atoms with Gasteiger partial charge in [-0.25, -0.2) is 4.98 Å². The highest BCUT2D eigenvalue weighted by Crippen LogP contribution is 2.26. The van der Waals surface area contributed by atoms with E-state index in [4.69, 9.17) is 4.74 Å². The standard InChI is InChI=1S/C14H21N5O/c1-11-14-15-7-13(10-20-3)19(14)5-4-18(11)9-12-6-16-17(2)8-12/h6-8,11H,4-5,9-10H2,1-3H3/t11-/m0/s1. The summed E-state index contributed by atoms with van der Waals surface area (Å²) in [6.07, 6.45) is 5.94. The predicted molar refractivity (Wildman–Crippen MR) is 75.0 cm³/mol. The Morgan fingerprint density at radius 2 is 2.20 bits per heavy atom. The summed E-state index contributed by atoms with van der Waals surface area (Å²) in [6.45, 7) is 5.75. The Labute approximate surface area is 119 Å². The molecule has 6 heteroatoms. The summed E-state index contributed by atoms with van der Waals surface area (Å²) in [5, 5.41) is 4.23. The van der Waals surface area contributed by atoms with Crippen LogP contribution in [0, 0.1) is 0 Å². The molecule has 0 aliphatic carbocycles. The van der Waals surface area contributed by atoms with Gasteiger partial charge in [0.1, 0.15) is 5.82 Å². The average molecular weight is 275 g/mol. The Kier molecular flexibility index (Phi) is 3.58. The van der Waals surface area contributed by atoms with Gasteiger partial charge in [-0.05, 0) is 6.92 Å². The lowest BCUT2D eigenvalue weighted by Gasteiger charge is -2.34. The van der Waals surface area contributed by atoms with Crippen molar-refractivity contribution in [3.8, 4) is 0 Å². The van der Waals surface area contributed by atoms with Crippen LogP contribution in [-0.4, -0.2) is 37.9 Å². The van der Waals surface area contributed by atoms with Gasteiger partial charge in [0, 0.05) is 45.6 Å². The number of ether oxygens (including phenoxy) is 1. The van der Waals surface area contributed by atoms with Crippen LogP contribution in [0.3, 0.4) is 0 Å². The zero-order valence-electron chi connectivity index (χ0n) is 12.3. The zero-order valence-corrected chi connectivity index (χ0v) is 12.3. The van der Waals surface area contributed by atoms with Crippen molar-refractivity contribution in [2.24, 2.45) is 7.05 Å². The van der Waals surface area contributed by atoms with E-state index in [0.29, 0.717) is 12.6 Å². The van der Waals surface area contributed by atoms with Crippen LogP contribution in [-0.2, 0) is 31.5 Å². The molecule has 0 amide bonds. The molecular weight excluding hydrogens is 254 g/mol. The van der Waals surface area contributed by atoms with Crippen molar-refractivity contribution in [2.45, 2.75) is 32.7 Å². The molecule has 0 unspecified atom stereocenters. The molecule has 2 aromatic rings. The summed E-state index contributed by atoms with van der Waals surface area (Å²) in [4.78, 5) is 7.01. The normalized spacial score (nSPS) is 19.2. The lowest BCUT2D eigenvalue weighted by molar-refractivity contribution is 0.143. The highest BCUT2D eigenvalue weighted by Gasteiger charge is 2.27. The maximum absolute atomic E-state index is 5.23. The number of nitrogens with zero attached hydrogens (tertiary/aromatic N) is 5. The van der Waals surface area contributed by atoms with Gasteiger partial charge < -0.3 is 9.30 Å². The van der Waals surface area contributed by atoms with Crippen molar-refractivity contribution < 1.29 is 4.74 Å². The topological polar surface area (TPSA) is 48.1 Å². The minimum atomic E-state index is 0.314. The number of aryl methyl sites for hydroxylation is 1. The van der Waals surface area contributed by atoms with Crippen molar-refractivity contribution >= 4 is 0 Å². The molecule has 1 aliphatic heterocycles. The summed E-state index contributed by atoms with van der Waals surface area (Å²) in [5.41, 5.74) is 2.41. The molecule has 0 saturated heterocycles. The molecule has 1 aliphatic rings. The highest BCUT2D eigenvalue weighted by atomic mass is 16.5. The van der Waals surface area contributed by atoms with Crippen molar-refractivity contribution in [3.05, 3.63) is 35.7 Å². The largest absolute Gasteiger partial charge is 0.378 e. The molecular formula is C14H21N5O. The third-order valence-corrected chi connectivity index (χ3v) is 3.94. The minimum absolute atomic E-state index is 0.314. The van der Waals surface area contributed by atoms with Crippen LogP contribution in [0.4, 0.5) is 0 Å². The SMILES string of the molecule is COCc1cnc2n1CCN(Cc1cnn(C)c1)[C@H]2C. The van der Waals surface area contributed by atoms with E-state index in [-0.39, 0.29) is 0 Å². The number of fused-ring (bicyclic) bond motifs is 1. The molecule has 6 nitrogen and oxygen atoms in total. The summed E-state index contributed by atoms with van der Waals surface area (Å²) in [6, 6.07) is 0.314. The molecule has 20 heavy (non-hydrogen) atoms. The second-order valence-electron chi connectivity index (χ2n) is 5.36. The fourth-order valence-corrected chi connectivity index (χ4v) is 2.87. The number of aromatic nitrogens is 4. The third-order valence-electron chi connectivity index (χ3n) is 3.94. The first-order valence-corrected chi connectivity index (χ1v) is 6.94. The number of hydrogen-bond donors (Lipinski definition) is 0. The third kappa shape index (κ3) is 2.36. The zero-order chi connectivity index (χ0) is 14.1. The predicted octanol–water partition coefficient (Wildman–Crippen LogP) is 1.34. The molecule has 0 N–H and O–H groups in total. The van der Waals surface area contributed by atoms with Crippen LogP contribution in [0.15, 0.2) is 18.6 Å². The summed E-state index contributed by atoms with van der Waals surface area (Å²) in [5.74, 6) is 1.13. The molecule has 3 rings (SSSR count). The Balaban J connectivity index is 1.77. The first kappa shape index (κ1) is 13.3. The van der Waals surface area contributed by atoms with Crippen LogP contribution in [0.2, 0.25) is 0 Å². The molecule has 0 radical (unpaired) electrons. The van der Waals surface area contributed by atoms with Crippen LogP contribution in [0.5, 0.6) is 0 Å². The molecule has 2 aromatic heterocycles. The van der Waals surface area contributed by atoms with Gasteiger partial charge in [-0.1, -0.05) is 0 Å². The van der Waals surface area contributed by atoms with Crippen molar-refractivity contribution in [1.29, 1.82) is 0 Å². The fourth-order valence-electron chi connectivity index (χ4n) is 2.87. The second-order valence-corrected chi connectivity index (χ2v) is 5.36. The lowest BCUT2D eigenvalue weighted by atomic mass is 10.2. The smallest absolute Gasteiger partial charge is 0.126 e. The summed E-state index contributed by atoms with van der Waals surface area (Å²) < 4.78 is 9.36. The van der Waals surface area contributed by atoms with E-state index < -0.39 is 0 Å². The van der Waals surface area contributed by atoms with Crippen molar-refractivity contribution in [1.82, 2.24) is 24.2 Å². The quantitative estimate of drug-likeness (QED) is 0.845. The van der Waals surface area contributed by atoms with Gasteiger partial charge in [-0.2, -0.15) is 5.10 Å². The highest BCUT2D eigenvalue weighted by molar-refractivity contribution is 5.12. The van der Waals surface area contributed by atoms with E-state index in [1.165, 1.54) is 5.56 Å². The van der Waals surface area contributed by atoms with E-state index in [0.717, 1.165) is 31.2 Å². The van der Waals surface area contributed by atoms with Gasteiger partial charge in [-0.3, -0.25) is 9.58 Å². The fraction of sp³-hybridized carbons (Fsp3) is 0.571. The molecule has 0 bridgehead atoms. The van der Waals surface area contributed by atoms with Crippen LogP contribution in [0.25, 0.3) is 0 Å². The Bertz CT molecular complexity index is 588. The molecule has 0 spiro atoms. The molecule has 0 saturated carbocycles. The Hall–Kier alpha value is -1.66. The van der Waals surface area contributed by atoms with Crippen LogP contribution >= 0.6 is 0 Å².